The molecule has 0 aliphatic heterocycles. The monoisotopic (exact) mass is 192 g/mol. The number of carbonyl (C=O) groups excluding carboxylic acids is 1. The van der Waals surface area contributed by atoms with Gasteiger partial charge in [-0.25, -0.2) is 0 Å². The molecule has 1 aromatic rings. The van der Waals surface area contributed by atoms with E-state index in [1.54, 1.807) is 12.1 Å². The van der Waals surface area contributed by atoms with Crippen molar-refractivity contribution < 1.29 is 4.79 Å². The van der Waals surface area contributed by atoms with Gasteiger partial charge in [-0.05, 0) is 36.6 Å². The van der Waals surface area contributed by atoms with Crippen molar-refractivity contribution in [3.63, 3.8) is 0 Å². The number of benzene rings is 1. The maximum atomic E-state index is 10.8. The van der Waals surface area contributed by atoms with Gasteiger partial charge in [-0.3, -0.25) is 4.79 Å². The first-order valence-corrected chi connectivity index (χ1v) is 4.75. The first-order chi connectivity index (χ1) is 6.65. The summed E-state index contributed by atoms with van der Waals surface area (Å²) in [7, 11) is 0. The third-order valence-corrected chi connectivity index (χ3v) is 2.36. The van der Waals surface area contributed by atoms with Crippen LogP contribution in [0.3, 0.4) is 0 Å². The highest BCUT2D eigenvalue weighted by atomic mass is 16.1. The summed E-state index contributed by atoms with van der Waals surface area (Å²) >= 11 is 0. The van der Waals surface area contributed by atoms with Crippen molar-refractivity contribution in [3.8, 4) is 0 Å². The lowest BCUT2D eigenvalue weighted by atomic mass is 9.97. The molecule has 1 amide bonds. The van der Waals surface area contributed by atoms with Crippen LogP contribution >= 0.6 is 0 Å². The minimum Gasteiger partial charge on any atom is -0.366 e. The summed E-state index contributed by atoms with van der Waals surface area (Å²) in [5, 5.41) is 0. The van der Waals surface area contributed by atoms with Gasteiger partial charge in [-0.1, -0.05) is 19.1 Å². The fourth-order valence-corrected chi connectivity index (χ4v) is 1.39. The van der Waals surface area contributed by atoms with Crippen molar-refractivity contribution in [1.29, 1.82) is 0 Å². The standard InChI is InChI=1S/C11H16N2O/c1-8(6-7-12)9-2-4-10(5-3-9)11(13)14/h2-5,8H,6-7,12H2,1H3,(H2,13,14)/t8-/m1/s1. The Balaban J connectivity index is 2.77. The van der Waals surface area contributed by atoms with Crippen molar-refractivity contribution in [2.24, 2.45) is 11.5 Å². The van der Waals surface area contributed by atoms with Gasteiger partial charge >= 0.3 is 0 Å². The van der Waals surface area contributed by atoms with E-state index in [2.05, 4.69) is 6.92 Å². The van der Waals surface area contributed by atoms with Crippen molar-refractivity contribution in [3.05, 3.63) is 35.4 Å². The molecule has 0 aromatic heterocycles. The molecule has 4 N–H and O–H groups in total. The number of amides is 1. The van der Waals surface area contributed by atoms with Gasteiger partial charge in [0, 0.05) is 5.56 Å². The Morgan fingerprint density at radius 3 is 2.36 bits per heavy atom. The Hall–Kier alpha value is -1.35. The van der Waals surface area contributed by atoms with E-state index in [0.717, 1.165) is 6.42 Å². The Morgan fingerprint density at radius 2 is 1.93 bits per heavy atom. The van der Waals surface area contributed by atoms with E-state index >= 15 is 0 Å². The van der Waals surface area contributed by atoms with Crippen LogP contribution in [0.25, 0.3) is 0 Å². The number of carbonyl (C=O) groups is 1. The third-order valence-electron chi connectivity index (χ3n) is 2.36. The lowest BCUT2D eigenvalue weighted by Gasteiger charge is -2.10. The summed E-state index contributed by atoms with van der Waals surface area (Å²) in [6, 6.07) is 7.37. The van der Waals surface area contributed by atoms with E-state index in [0.29, 0.717) is 18.0 Å². The summed E-state index contributed by atoms with van der Waals surface area (Å²) in [5.41, 5.74) is 12.4. The molecule has 0 saturated heterocycles. The highest BCUT2D eigenvalue weighted by Crippen LogP contribution is 2.18. The largest absolute Gasteiger partial charge is 0.366 e. The second kappa shape index (κ2) is 4.77. The molecule has 0 saturated carbocycles. The number of hydrogen-bond donors (Lipinski definition) is 2. The molecule has 76 valence electrons. The molecule has 1 atom stereocenters. The van der Waals surface area contributed by atoms with Crippen molar-refractivity contribution in [1.82, 2.24) is 0 Å². The Labute approximate surface area is 84.1 Å². The van der Waals surface area contributed by atoms with Crippen LogP contribution < -0.4 is 11.5 Å². The zero-order valence-corrected chi connectivity index (χ0v) is 8.36. The first-order valence-electron chi connectivity index (χ1n) is 4.75. The van der Waals surface area contributed by atoms with Gasteiger partial charge in [0.15, 0.2) is 0 Å². The van der Waals surface area contributed by atoms with Gasteiger partial charge in [0.05, 0.1) is 0 Å². The molecule has 3 nitrogen and oxygen atoms in total. The molecule has 0 fully saturated rings. The molecule has 0 aliphatic carbocycles. The average molecular weight is 192 g/mol. The van der Waals surface area contributed by atoms with Crippen LogP contribution in [0.2, 0.25) is 0 Å². The topological polar surface area (TPSA) is 69.1 Å². The van der Waals surface area contributed by atoms with E-state index in [9.17, 15) is 4.79 Å². The van der Waals surface area contributed by atoms with Gasteiger partial charge in [0.25, 0.3) is 0 Å². The minimum absolute atomic E-state index is 0.386. The summed E-state index contributed by atoms with van der Waals surface area (Å²) in [5.74, 6) is 0.0463. The van der Waals surface area contributed by atoms with E-state index in [-0.39, 0.29) is 5.91 Å². The summed E-state index contributed by atoms with van der Waals surface area (Å²) < 4.78 is 0. The quantitative estimate of drug-likeness (QED) is 0.753. The van der Waals surface area contributed by atoms with Crippen LogP contribution in [-0.2, 0) is 0 Å². The van der Waals surface area contributed by atoms with Crippen LogP contribution in [0.15, 0.2) is 24.3 Å². The molecule has 1 aromatic carbocycles. The molecular formula is C11H16N2O. The molecule has 14 heavy (non-hydrogen) atoms. The number of nitrogens with two attached hydrogens (primary N) is 2. The van der Waals surface area contributed by atoms with E-state index in [4.69, 9.17) is 11.5 Å². The maximum absolute atomic E-state index is 10.8. The van der Waals surface area contributed by atoms with E-state index in [1.165, 1.54) is 5.56 Å². The predicted molar refractivity (Wildman–Crippen MR) is 57.0 cm³/mol. The lowest BCUT2D eigenvalue weighted by Crippen LogP contribution is -2.11. The van der Waals surface area contributed by atoms with Crippen LogP contribution in [0.4, 0.5) is 0 Å². The second-order valence-electron chi connectivity index (χ2n) is 3.46. The molecule has 0 spiro atoms. The van der Waals surface area contributed by atoms with E-state index < -0.39 is 0 Å². The number of primary amides is 1. The minimum atomic E-state index is -0.386. The zero-order valence-electron chi connectivity index (χ0n) is 8.36. The van der Waals surface area contributed by atoms with Gasteiger partial charge in [-0.2, -0.15) is 0 Å². The molecular weight excluding hydrogens is 176 g/mol. The number of rotatable bonds is 4. The fourth-order valence-electron chi connectivity index (χ4n) is 1.39. The Bertz CT molecular complexity index is 306. The summed E-state index contributed by atoms with van der Waals surface area (Å²) in [6.07, 6.45) is 0.954. The first kappa shape index (κ1) is 10.7. The zero-order chi connectivity index (χ0) is 10.6. The molecule has 0 aliphatic rings. The predicted octanol–water partition coefficient (Wildman–Crippen LogP) is 1.24. The van der Waals surface area contributed by atoms with Crippen molar-refractivity contribution >= 4 is 5.91 Å². The van der Waals surface area contributed by atoms with Crippen molar-refractivity contribution in [2.75, 3.05) is 6.54 Å². The Morgan fingerprint density at radius 1 is 1.36 bits per heavy atom. The van der Waals surface area contributed by atoms with Gasteiger partial charge < -0.3 is 11.5 Å². The van der Waals surface area contributed by atoms with Crippen LogP contribution in [0, 0.1) is 0 Å². The third kappa shape index (κ3) is 2.57. The van der Waals surface area contributed by atoms with E-state index in [1.807, 2.05) is 12.1 Å². The molecule has 3 heteroatoms. The SMILES string of the molecule is C[C@H](CCN)c1ccc(C(N)=O)cc1. The Kier molecular flexibility index (Phi) is 3.65. The van der Waals surface area contributed by atoms with Crippen molar-refractivity contribution in [2.45, 2.75) is 19.3 Å². The van der Waals surface area contributed by atoms with Gasteiger partial charge in [0.1, 0.15) is 0 Å². The molecule has 0 bridgehead atoms. The molecule has 0 heterocycles. The van der Waals surface area contributed by atoms with Crippen LogP contribution in [0.1, 0.15) is 35.2 Å². The number of hydrogen-bond acceptors (Lipinski definition) is 2. The highest BCUT2D eigenvalue weighted by Gasteiger charge is 2.05. The normalized spacial score (nSPS) is 12.4. The molecule has 0 unspecified atom stereocenters. The fraction of sp³-hybridized carbons (Fsp3) is 0.364. The summed E-state index contributed by atoms with van der Waals surface area (Å²) in [6.45, 7) is 2.80. The van der Waals surface area contributed by atoms with Crippen LogP contribution in [0.5, 0.6) is 0 Å². The summed E-state index contributed by atoms with van der Waals surface area (Å²) in [4.78, 5) is 10.8. The van der Waals surface area contributed by atoms with Gasteiger partial charge in [-0.15, -0.1) is 0 Å². The lowest BCUT2D eigenvalue weighted by molar-refractivity contribution is 0.100. The van der Waals surface area contributed by atoms with Crippen LogP contribution in [-0.4, -0.2) is 12.5 Å². The second-order valence-corrected chi connectivity index (χ2v) is 3.46. The van der Waals surface area contributed by atoms with Gasteiger partial charge in [0.2, 0.25) is 5.91 Å². The average Bonchev–Trinajstić information content (AvgIpc) is 2.18. The highest BCUT2D eigenvalue weighted by molar-refractivity contribution is 5.92. The maximum Gasteiger partial charge on any atom is 0.248 e. The molecule has 0 radical (unpaired) electrons. The smallest absolute Gasteiger partial charge is 0.248 e. The molecule has 1 rings (SSSR count).